The smallest absolute Gasteiger partial charge is 0.277 e. The van der Waals surface area contributed by atoms with Gasteiger partial charge < -0.3 is 4.57 Å². The van der Waals surface area contributed by atoms with Gasteiger partial charge in [-0.3, -0.25) is 10.1 Å². The van der Waals surface area contributed by atoms with Crippen molar-refractivity contribution in [3.8, 4) is 16.8 Å². The van der Waals surface area contributed by atoms with Gasteiger partial charge in [-0.1, -0.05) is 72.8 Å². The fraction of sp³-hybridized carbons (Fsp3) is 0.0714. The van der Waals surface area contributed by atoms with E-state index >= 15 is 0 Å². The molecule has 1 aliphatic carbocycles. The number of hydrogen-bond donors (Lipinski definition) is 0. The van der Waals surface area contributed by atoms with Crippen molar-refractivity contribution in [2.24, 2.45) is 0 Å². The molecule has 0 fully saturated rings. The molecule has 0 N–H and O–H groups in total. The van der Waals surface area contributed by atoms with Crippen LogP contribution < -0.4 is 0 Å². The van der Waals surface area contributed by atoms with Crippen LogP contribution in [0.4, 0.5) is 5.69 Å². The zero-order valence-corrected chi connectivity index (χ0v) is 17.4. The second-order valence-electron chi connectivity index (χ2n) is 8.12. The predicted molar refractivity (Wildman–Crippen MR) is 130 cm³/mol. The molecule has 32 heavy (non-hydrogen) atoms. The number of benzene rings is 4. The topological polar surface area (TPSA) is 48.1 Å². The average Bonchev–Trinajstić information content (AvgIpc) is 3.19. The lowest BCUT2D eigenvalue weighted by molar-refractivity contribution is -0.384. The minimum atomic E-state index is -0.297. The molecular formula is C28H20N2O2. The standard InChI is InChI=1S/C28H20N2O2/c31-30(32)26-16-7-6-13-22(26)23-14-8-15-24-25-18-17-19-9-4-5-12-21(19)27(25)29(28(23)24)20-10-2-1-3-11-20/h1-3,5-8,10-18H,4,9H2. The summed E-state index contributed by atoms with van der Waals surface area (Å²) in [5, 5.41) is 14.1. The summed E-state index contributed by atoms with van der Waals surface area (Å²) in [5.74, 6) is 0. The van der Waals surface area contributed by atoms with Crippen molar-refractivity contribution in [1.82, 2.24) is 4.57 Å². The summed E-state index contributed by atoms with van der Waals surface area (Å²) < 4.78 is 2.28. The molecule has 0 amide bonds. The van der Waals surface area contributed by atoms with E-state index in [-0.39, 0.29) is 10.6 Å². The summed E-state index contributed by atoms with van der Waals surface area (Å²) in [6.45, 7) is 0. The van der Waals surface area contributed by atoms with E-state index in [4.69, 9.17) is 0 Å². The molecule has 154 valence electrons. The first-order valence-corrected chi connectivity index (χ1v) is 10.8. The Morgan fingerprint density at radius 3 is 2.34 bits per heavy atom. The third-order valence-corrected chi connectivity index (χ3v) is 6.35. The van der Waals surface area contributed by atoms with Crippen LogP contribution in [0.2, 0.25) is 0 Å². The van der Waals surface area contributed by atoms with Crippen LogP contribution in [-0.4, -0.2) is 9.49 Å². The molecule has 6 rings (SSSR count). The number of aryl methyl sites for hydroxylation is 1. The van der Waals surface area contributed by atoms with Gasteiger partial charge in [-0.25, -0.2) is 0 Å². The third kappa shape index (κ3) is 2.70. The van der Waals surface area contributed by atoms with Gasteiger partial charge in [-0.05, 0) is 36.6 Å². The van der Waals surface area contributed by atoms with E-state index in [9.17, 15) is 10.1 Å². The average molecular weight is 416 g/mol. The monoisotopic (exact) mass is 416 g/mol. The molecule has 0 saturated heterocycles. The lowest BCUT2D eigenvalue weighted by atomic mass is 9.94. The van der Waals surface area contributed by atoms with Crippen molar-refractivity contribution < 1.29 is 4.92 Å². The maximum atomic E-state index is 11.8. The number of aromatic nitrogens is 1. The molecule has 5 aromatic rings. The maximum Gasteiger partial charge on any atom is 0.277 e. The number of rotatable bonds is 3. The Balaban J connectivity index is 1.84. The van der Waals surface area contributed by atoms with Crippen LogP contribution in [0.15, 0.2) is 91.0 Å². The lowest BCUT2D eigenvalue weighted by Crippen LogP contribution is -2.01. The van der Waals surface area contributed by atoms with Crippen LogP contribution in [0.1, 0.15) is 17.5 Å². The van der Waals surface area contributed by atoms with Crippen molar-refractivity contribution >= 4 is 33.6 Å². The number of nitro benzene ring substituents is 1. The quantitative estimate of drug-likeness (QED) is 0.228. The summed E-state index contributed by atoms with van der Waals surface area (Å²) >= 11 is 0. The Morgan fingerprint density at radius 1 is 0.750 bits per heavy atom. The van der Waals surface area contributed by atoms with Crippen molar-refractivity contribution in [2.75, 3.05) is 0 Å². The minimum Gasteiger partial charge on any atom is -0.308 e. The first-order valence-electron chi connectivity index (χ1n) is 10.8. The Kier molecular flexibility index (Phi) is 4.18. The van der Waals surface area contributed by atoms with Crippen molar-refractivity contribution in [2.45, 2.75) is 12.8 Å². The Labute approximate surface area is 185 Å². The van der Waals surface area contributed by atoms with Crippen LogP contribution >= 0.6 is 0 Å². The lowest BCUT2D eigenvalue weighted by Gasteiger charge is -2.16. The molecule has 0 aliphatic heterocycles. The first-order chi connectivity index (χ1) is 15.7. The Morgan fingerprint density at radius 2 is 1.50 bits per heavy atom. The van der Waals surface area contributed by atoms with E-state index < -0.39 is 0 Å². The van der Waals surface area contributed by atoms with E-state index in [2.05, 4.69) is 47.1 Å². The zero-order valence-electron chi connectivity index (χ0n) is 17.4. The van der Waals surface area contributed by atoms with Crippen molar-refractivity contribution in [3.63, 3.8) is 0 Å². The molecule has 0 unspecified atom stereocenters. The van der Waals surface area contributed by atoms with Gasteiger partial charge in [0, 0.05) is 33.7 Å². The number of allylic oxidation sites excluding steroid dienone is 1. The Hall–Kier alpha value is -4.18. The van der Waals surface area contributed by atoms with Gasteiger partial charge in [0.2, 0.25) is 0 Å². The summed E-state index contributed by atoms with van der Waals surface area (Å²) in [7, 11) is 0. The van der Waals surface area contributed by atoms with Gasteiger partial charge in [-0.15, -0.1) is 0 Å². The van der Waals surface area contributed by atoms with Gasteiger partial charge in [0.1, 0.15) is 0 Å². The summed E-state index contributed by atoms with van der Waals surface area (Å²) in [6.07, 6.45) is 6.53. The minimum absolute atomic E-state index is 0.117. The van der Waals surface area contributed by atoms with Gasteiger partial charge in [0.15, 0.2) is 0 Å². The number of nitro groups is 1. The molecule has 0 spiro atoms. The molecule has 4 heteroatoms. The largest absolute Gasteiger partial charge is 0.308 e. The van der Waals surface area contributed by atoms with Crippen LogP contribution in [0.5, 0.6) is 0 Å². The van der Waals surface area contributed by atoms with Gasteiger partial charge in [0.05, 0.1) is 21.5 Å². The van der Waals surface area contributed by atoms with Crippen LogP contribution in [-0.2, 0) is 6.42 Å². The van der Waals surface area contributed by atoms with Crippen molar-refractivity contribution in [1.29, 1.82) is 0 Å². The SMILES string of the molecule is O=[N+]([O-])c1ccccc1-c1cccc2c3ccc4c(c3n(-c3ccccc3)c12)C=CCC4. The molecule has 4 aromatic carbocycles. The summed E-state index contributed by atoms with van der Waals surface area (Å²) in [5.41, 5.74) is 7.39. The predicted octanol–water partition coefficient (Wildman–Crippen LogP) is 7.32. The summed E-state index contributed by atoms with van der Waals surface area (Å²) in [4.78, 5) is 11.5. The maximum absolute atomic E-state index is 11.8. The van der Waals surface area contributed by atoms with Crippen molar-refractivity contribution in [3.05, 3.63) is 112 Å². The molecule has 4 nitrogen and oxygen atoms in total. The second kappa shape index (κ2) is 7.20. The van der Waals surface area contributed by atoms with Gasteiger partial charge >= 0.3 is 0 Å². The Bertz CT molecular complexity index is 1540. The molecule has 0 bridgehead atoms. The third-order valence-electron chi connectivity index (χ3n) is 6.35. The highest BCUT2D eigenvalue weighted by atomic mass is 16.6. The number of fused-ring (bicyclic) bond motifs is 5. The number of para-hydroxylation sites is 3. The highest BCUT2D eigenvalue weighted by Crippen LogP contribution is 2.42. The van der Waals surface area contributed by atoms with E-state index in [1.54, 1.807) is 12.1 Å². The van der Waals surface area contributed by atoms with E-state index in [1.165, 1.54) is 11.1 Å². The van der Waals surface area contributed by atoms with Crippen LogP contribution in [0, 0.1) is 10.1 Å². The first kappa shape index (κ1) is 18.6. The van der Waals surface area contributed by atoms with Crippen LogP contribution in [0.25, 0.3) is 44.7 Å². The molecule has 0 saturated carbocycles. The highest BCUT2D eigenvalue weighted by molar-refractivity contribution is 6.16. The molecule has 1 aliphatic rings. The highest BCUT2D eigenvalue weighted by Gasteiger charge is 2.23. The van der Waals surface area contributed by atoms with E-state index in [1.807, 2.05) is 42.5 Å². The summed E-state index contributed by atoms with van der Waals surface area (Å²) in [6, 6.07) is 27.8. The zero-order chi connectivity index (χ0) is 21.7. The molecule has 0 radical (unpaired) electrons. The van der Waals surface area contributed by atoms with Gasteiger partial charge in [0.25, 0.3) is 5.69 Å². The molecule has 1 heterocycles. The fourth-order valence-corrected chi connectivity index (χ4v) is 4.98. The molecular weight excluding hydrogens is 396 g/mol. The van der Waals surface area contributed by atoms with E-state index in [0.29, 0.717) is 5.56 Å². The normalized spacial score (nSPS) is 12.9. The number of hydrogen-bond acceptors (Lipinski definition) is 2. The second-order valence-corrected chi connectivity index (χ2v) is 8.12. The van der Waals surface area contributed by atoms with Gasteiger partial charge in [-0.2, -0.15) is 0 Å². The molecule has 0 atom stereocenters. The van der Waals surface area contributed by atoms with E-state index in [0.717, 1.165) is 45.9 Å². The fourth-order valence-electron chi connectivity index (χ4n) is 4.98. The number of nitrogens with zero attached hydrogens (tertiary/aromatic N) is 2. The van der Waals surface area contributed by atoms with Crippen LogP contribution in [0.3, 0.4) is 0 Å². The molecule has 1 aromatic heterocycles.